The van der Waals surface area contributed by atoms with Gasteiger partial charge in [-0.2, -0.15) is 0 Å². The Morgan fingerprint density at radius 1 is 0.800 bits per heavy atom. The van der Waals surface area contributed by atoms with Crippen LogP contribution in [0.5, 0.6) is 0 Å². The van der Waals surface area contributed by atoms with Crippen LogP contribution in [0.2, 0.25) is 0 Å². The maximum absolute atomic E-state index is 12.4. The van der Waals surface area contributed by atoms with Crippen LogP contribution < -0.4 is 0 Å². The minimum Gasteiger partial charge on any atom is -0.459 e. The number of benzene rings is 3. The van der Waals surface area contributed by atoms with Crippen molar-refractivity contribution in [2.75, 3.05) is 13.7 Å². The number of hydrogen-bond donors (Lipinski definition) is 1. The van der Waals surface area contributed by atoms with Gasteiger partial charge in [-0.15, -0.1) is 0 Å². The fraction of sp³-hybridized carbons (Fsp3) is 0.321. The van der Waals surface area contributed by atoms with Crippen LogP contribution in [0.3, 0.4) is 0 Å². The number of ether oxygens (including phenoxy) is 5. The maximum Gasteiger partial charge on any atom is 0.338 e. The van der Waals surface area contributed by atoms with Crippen LogP contribution in [0.1, 0.15) is 21.5 Å². The van der Waals surface area contributed by atoms with E-state index in [4.69, 9.17) is 23.7 Å². The van der Waals surface area contributed by atoms with E-state index in [0.29, 0.717) is 12.2 Å². The summed E-state index contributed by atoms with van der Waals surface area (Å²) in [6, 6.07) is 28.0. The summed E-state index contributed by atoms with van der Waals surface area (Å²) in [5, 5.41) is 11.2. The largest absolute Gasteiger partial charge is 0.459 e. The Balaban J connectivity index is 1.47. The number of methoxy groups -OCH3 is 1. The summed E-state index contributed by atoms with van der Waals surface area (Å²) in [6.07, 6.45) is -4.29. The summed E-state index contributed by atoms with van der Waals surface area (Å²) in [4.78, 5) is 12.4. The van der Waals surface area contributed by atoms with Crippen molar-refractivity contribution in [1.82, 2.24) is 0 Å². The van der Waals surface area contributed by atoms with Crippen LogP contribution in [-0.2, 0) is 36.9 Å². The molecule has 35 heavy (non-hydrogen) atoms. The van der Waals surface area contributed by atoms with Gasteiger partial charge in [0.05, 0.1) is 18.8 Å². The quantitative estimate of drug-likeness (QED) is 0.445. The van der Waals surface area contributed by atoms with E-state index in [1.807, 2.05) is 66.7 Å². The van der Waals surface area contributed by atoms with Crippen molar-refractivity contribution in [2.45, 2.75) is 43.9 Å². The summed E-state index contributed by atoms with van der Waals surface area (Å²) in [5.41, 5.74) is 2.34. The molecule has 1 saturated heterocycles. The second kappa shape index (κ2) is 12.6. The van der Waals surface area contributed by atoms with Crippen LogP contribution >= 0.6 is 0 Å². The average Bonchev–Trinajstić information content (AvgIpc) is 2.92. The summed E-state index contributed by atoms with van der Waals surface area (Å²) in [5.74, 6) is -0.500. The molecule has 0 saturated carbocycles. The topological polar surface area (TPSA) is 83.5 Å². The molecule has 2 unspecified atom stereocenters. The summed E-state index contributed by atoms with van der Waals surface area (Å²) >= 11 is 0. The van der Waals surface area contributed by atoms with Gasteiger partial charge in [-0.25, -0.2) is 4.79 Å². The molecule has 1 aliphatic heterocycles. The molecule has 0 amide bonds. The number of rotatable bonds is 10. The van der Waals surface area contributed by atoms with Crippen LogP contribution in [-0.4, -0.2) is 55.5 Å². The Labute approximate surface area is 205 Å². The Kier molecular flexibility index (Phi) is 9.00. The predicted octanol–water partition coefficient (Wildman–Crippen LogP) is 3.75. The van der Waals surface area contributed by atoms with E-state index in [1.54, 1.807) is 24.3 Å². The zero-order chi connectivity index (χ0) is 24.5. The number of carbonyl (C=O) groups is 1. The molecule has 184 valence electrons. The van der Waals surface area contributed by atoms with Crippen molar-refractivity contribution in [2.24, 2.45) is 0 Å². The highest BCUT2D eigenvalue weighted by Crippen LogP contribution is 2.28. The van der Waals surface area contributed by atoms with Crippen molar-refractivity contribution in [1.29, 1.82) is 0 Å². The molecule has 1 N–H and O–H groups in total. The van der Waals surface area contributed by atoms with Gasteiger partial charge < -0.3 is 28.8 Å². The van der Waals surface area contributed by atoms with Crippen LogP contribution in [0.25, 0.3) is 0 Å². The predicted molar refractivity (Wildman–Crippen MR) is 128 cm³/mol. The van der Waals surface area contributed by atoms with Crippen molar-refractivity contribution < 1.29 is 33.6 Å². The third-order valence-corrected chi connectivity index (χ3v) is 5.81. The molecule has 7 nitrogen and oxygen atoms in total. The summed E-state index contributed by atoms with van der Waals surface area (Å²) in [6.45, 7) is 0.395. The monoisotopic (exact) mass is 478 g/mol. The van der Waals surface area contributed by atoms with Gasteiger partial charge in [0.25, 0.3) is 0 Å². The average molecular weight is 479 g/mol. The van der Waals surface area contributed by atoms with E-state index < -0.39 is 36.7 Å². The van der Waals surface area contributed by atoms with E-state index in [-0.39, 0.29) is 13.2 Å². The fourth-order valence-corrected chi connectivity index (χ4v) is 3.93. The smallest absolute Gasteiger partial charge is 0.338 e. The Hall–Kier alpha value is -3.07. The van der Waals surface area contributed by atoms with Crippen molar-refractivity contribution in [3.63, 3.8) is 0 Å². The van der Waals surface area contributed by atoms with Gasteiger partial charge in [-0.1, -0.05) is 78.9 Å². The first-order chi connectivity index (χ1) is 17.2. The molecular weight excluding hydrogens is 448 g/mol. The normalized spacial score (nSPS) is 24.1. The standard InChI is InChI=1S/C28H30O7/c1-31-28-26(33-18-21-13-7-3-8-14-21)25(32-17-20-11-5-2-6-12-20)24(29)23(35-28)19-34-27(30)22-15-9-4-10-16-22/h2-16,23-26,28-29H,17-19H2,1H3/t23?,24-,25+,26+,28?/m1/s1. The molecule has 5 atom stereocenters. The highest BCUT2D eigenvalue weighted by atomic mass is 16.7. The molecule has 0 radical (unpaired) electrons. The number of aliphatic hydroxyl groups excluding tert-OH is 1. The molecule has 3 aromatic rings. The molecule has 0 bridgehead atoms. The SMILES string of the molecule is COC1OC(COC(=O)c2ccccc2)[C@@H](O)[C@H](OCc2ccccc2)[C@@H]1OCc1ccccc1. The second-order valence-corrected chi connectivity index (χ2v) is 8.26. The van der Waals surface area contributed by atoms with Gasteiger partial charge in [0, 0.05) is 7.11 Å². The first-order valence-corrected chi connectivity index (χ1v) is 11.5. The molecule has 7 heteroatoms. The van der Waals surface area contributed by atoms with Gasteiger partial charge in [0.2, 0.25) is 0 Å². The fourth-order valence-electron chi connectivity index (χ4n) is 3.93. The van der Waals surface area contributed by atoms with Crippen molar-refractivity contribution >= 4 is 5.97 Å². The van der Waals surface area contributed by atoms with Gasteiger partial charge >= 0.3 is 5.97 Å². The van der Waals surface area contributed by atoms with E-state index in [9.17, 15) is 9.90 Å². The molecule has 3 aromatic carbocycles. The third-order valence-electron chi connectivity index (χ3n) is 5.81. The van der Waals surface area contributed by atoms with E-state index >= 15 is 0 Å². The molecule has 0 aliphatic carbocycles. The lowest BCUT2D eigenvalue weighted by atomic mass is 9.98. The molecule has 1 heterocycles. The van der Waals surface area contributed by atoms with Crippen LogP contribution in [0.15, 0.2) is 91.0 Å². The Morgan fingerprint density at radius 3 is 1.86 bits per heavy atom. The molecule has 0 spiro atoms. The zero-order valence-electron chi connectivity index (χ0n) is 19.6. The molecule has 1 fully saturated rings. The number of carbonyl (C=O) groups excluding carboxylic acids is 1. The first kappa shape index (κ1) is 25.0. The molecule has 0 aromatic heterocycles. The number of aliphatic hydroxyl groups is 1. The highest BCUT2D eigenvalue weighted by molar-refractivity contribution is 5.89. The van der Waals surface area contributed by atoms with Crippen LogP contribution in [0.4, 0.5) is 0 Å². The van der Waals surface area contributed by atoms with E-state index in [2.05, 4.69) is 0 Å². The van der Waals surface area contributed by atoms with Gasteiger partial charge in [0.15, 0.2) is 6.29 Å². The lowest BCUT2D eigenvalue weighted by molar-refractivity contribution is -0.313. The minimum absolute atomic E-state index is 0.161. The van der Waals surface area contributed by atoms with Gasteiger partial charge in [-0.3, -0.25) is 0 Å². The lowest BCUT2D eigenvalue weighted by Crippen LogP contribution is -2.60. The highest BCUT2D eigenvalue weighted by Gasteiger charge is 2.47. The van der Waals surface area contributed by atoms with E-state index in [1.165, 1.54) is 7.11 Å². The molecule has 1 aliphatic rings. The molecular formula is C28H30O7. The lowest BCUT2D eigenvalue weighted by Gasteiger charge is -2.43. The first-order valence-electron chi connectivity index (χ1n) is 11.5. The van der Waals surface area contributed by atoms with Crippen molar-refractivity contribution in [3.8, 4) is 0 Å². The second-order valence-electron chi connectivity index (χ2n) is 8.26. The van der Waals surface area contributed by atoms with Crippen molar-refractivity contribution in [3.05, 3.63) is 108 Å². The minimum atomic E-state index is -1.12. The summed E-state index contributed by atoms with van der Waals surface area (Å²) in [7, 11) is 1.50. The van der Waals surface area contributed by atoms with Gasteiger partial charge in [-0.05, 0) is 23.3 Å². The van der Waals surface area contributed by atoms with Crippen LogP contribution in [0, 0.1) is 0 Å². The Morgan fingerprint density at radius 2 is 1.31 bits per heavy atom. The number of hydrogen-bond acceptors (Lipinski definition) is 7. The van der Waals surface area contributed by atoms with Gasteiger partial charge in [0.1, 0.15) is 31.0 Å². The zero-order valence-corrected chi connectivity index (χ0v) is 19.6. The van der Waals surface area contributed by atoms with E-state index in [0.717, 1.165) is 11.1 Å². The Bertz CT molecular complexity index is 1030. The number of esters is 1. The summed E-state index contributed by atoms with van der Waals surface area (Å²) < 4.78 is 29.3. The molecule has 4 rings (SSSR count). The maximum atomic E-state index is 12.4. The third kappa shape index (κ3) is 6.75.